The van der Waals surface area contributed by atoms with Crippen LogP contribution in [0.5, 0.6) is 0 Å². The van der Waals surface area contributed by atoms with Gasteiger partial charge in [0.05, 0.1) is 49.0 Å². The standard InChI is InChI=1S/C24H28Cl2N2O6S/c25-19-6-2-1-5-16(19)12-27-24(30)11-18-9-10-21-22(34-18)15-33-14-17(29)13-28(21)35(31,32)23-8-4-3-7-20(23)26/h1-8,17-18,21-22,29H,9-15H2,(H,27,30)/t17-,18-,21-,22+/m0/s1. The number of carbonyl (C=O) groups excluding carboxylic acids is 1. The van der Waals surface area contributed by atoms with Gasteiger partial charge in [0.2, 0.25) is 15.9 Å². The molecule has 2 fully saturated rings. The molecule has 1 amide bonds. The Morgan fingerprint density at radius 3 is 2.51 bits per heavy atom. The number of rotatable bonds is 6. The van der Waals surface area contributed by atoms with Gasteiger partial charge in [0, 0.05) is 18.1 Å². The summed E-state index contributed by atoms with van der Waals surface area (Å²) in [7, 11) is -4.01. The van der Waals surface area contributed by atoms with E-state index < -0.39 is 28.3 Å². The van der Waals surface area contributed by atoms with E-state index in [9.17, 15) is 18.3 Å². The van der Waals surface area contributed by atoms with Crippen LogP contribution in [0.2, 0.25) is 10.0 Å². The summed E-state index contributed by atoms with van der Waals surface area (Å²) >= 11 is 12.3. The number of sulfonamides is 1. The molecular weight excluding hydrogens is 515 g/mol. The lowest BCUT2D eigenvalue weighted by Crippen LogP contribution is -2.57. The van der Waals surface area contributed by atoms with Gasteiger partial charge in [-0.3, -0.25) is 4.79 Å². The second-order valence-electron chi connectivity index (χ2n) is 8.71. The minimum atomic E-state index is -4.01. The van der Waals surface area contributed by atoms with Crippen LogP contribution in [-0.4, -0.2) is 67.8 Å². The third kappa shape index (κ3) is 6.35. The van der Waals surface area contributed by atoms with Crippen molar-refractivity contribution in [3.05, 3.63) is 64.1 Å². The highest BCUT2D eigenvalue weighted by Gasteiger charge is 2.43. The SMILES string of the molecule is O=C(C[C@@H]1CC[C@H]2[C@@H](COC[C@@H](O)CN2S(=O)(=O)c2ccccc2Cl)O1)NCc1ccccc1Cl. The first-order valence-corrected chi connectivity index (χ1v) is 13.6. The van der Waals surface area contributed by atoms with Crippen LogP contribution in [0.15, 0.2) is 53.4 Å². The van der Waals surface area contributed by atoms with E-state index in [1.54, 1.807) is 18.2 Å². The maximum Gasteiger partial charge on any atom is 0.244 e. The maximum absolute atomic E-state index is 13.5. The normalized spacial score (nSPS) is 25.8. The van der Waals surface area contributed by atoms with E-state index in [0.717, 1.165) is 5.56 Å². The first-order valence-electron chi connectivity index (χ1n) is 11.4. The number of hydrogen-bond donors (Lipinski definition) is 2. The molecule has 35 heavy (non-hydrogen) atoms. The molecule has 0 bridgehead atoms. The largest absolute Gasteiger partial charge is 0.389 e. The van der Waals surface area contributed by atoms with E-state index in [1.807, 2.05) is 18.2 Å². The Labute approximate surface area is 215 Å². The number of amides is 1. The van der Waals surface area contributed by atoms with Crippen molar-refractivity contribution in [3.8, 4) is 0 Å². The van der Waals surface area contributed by atoms with Gasteiger partial charge >= 0.3 is 0 Å². The van der Waals surface area contributed by atoms with E-state index in [2.05, 4.69) is 5.32 Å². The molecule has 0 saturated carbocycles. The number of ether oxygens (including phenoxy) is 2. The summed E-state index contributed by atoms with van der Waals surface area (Å²) in [5, 5.41) is 13.9. The second kappa shape index (κ2) is 11.6. The number of benzene rings is 2. The van der Waals surface area contributed by atoms with Gasteiger partial charge < -0.3 is 19.9 Å². The van der Waals surface area contributed by atoms with Gasteiger partial charge in [0.1, 0.15) is 4.90 Å². The number of nitrogens with zero attached hydrogens (tertiary/aromatic N) is 1. The Morgan fingerprint density at radius 1 is 1.06 bits per heavy atom. The molecule has 4 rings (SSSR count). The molecule has 0 unspecified atom stereocenters. The van der Waals surface area contributed by atoms with E-state index >= 15 is 0 Å². The lowest BCUT2D eigenvalue weighted by Gasteiger charge is -2.43. The van der Waals surface area contributed by atoms with Crippen LogP contribution < -0.4 is 5.32 Å². The zero-order valence-corrected chi connectivity index (χ0v) is 21.3. The molecule has 4 atom stereocenters. The molecule has 0 aliphatic carbocycles. The van der Waals surface area contributed by atoms with Crippen molar-refractivity contribution >= 4 is 39.1 Å². The lowest BCUT2D eigenvalue weighted by molar-refractivity contribution is -0.146. The molecule has 2 N–H and O–H groups in total. The number of β-amino-alcohol motifs (C(OH)–C–C–N with tert-alkyl or cyclic N) is 1. The summed E-state index contributed by atoms with van der Waals surface area (Å²) < 4.78 is 40.1. The van der Waals surface area contributed by atoms with Gasteiger partial charge in [-0.05, 0) is 36.6 Å². The molecule has 0 radical (unpaired) electrons. The lowest BCUT2D eigenvalue weighted by atomic mass is 9.96. The van der Waals surface area contributed by atoms with Crippen LogP contribution >= 0.6 is 23.2 Å². The van der Waals surface area contributed by atoms with E-state index in [-0.39, 0.29) is 48.1 Å². The monoisotopic (exact) mass is 542 g/mol. The predicted octanol–water partition coefficient (Wildman–Crippen LogP) is 3.00. The number of halogens is 2. The van der Waals surface area contributed by atoms with Crippen molar-refractivity contribution in [2.24, 2.45) is 0 Å². The highest BCUT2D eigenvalue weighted by molar-refractivity contribution is 7.89. The Kier molecular flexibility index (Phi) is 8.70. The molecule has 2 heterocycles. The summed E-state index contributed by atoms with van der Waals surface area (Å²) in [6.07, 6.45) is -0.900. The third-order valence-electron chi connectivity index (χ3n) is 6.20. The van der Waals surface area contributed by atoms with Crippen molar-refractivity contribution in [3.63, 3.8) is 0 Å². The summed E-state index contributed by atoms with van der Waals surface area (Å²) in [5.74, 6) is -0.184. The van der Waals surface area contributed by atoms with E-state index in [0.29, 0.717) is 24.4 Å². The number of aliphatic hydroxyl groups is 1. The van der Waals surface area contributed by atoms with Gasteiger partial charge in [0.15, 0.2) is 0 Å². The Morgan fingerprint density at radius 2 is 1.77 bits per heavy atom. The highest BCUT2D eigenvalue weighted by Crippen LogP contribution is 2.33. The highest BCUT2D eigenvalue weighted by atomic mass is 35.5. The average molecular weight is 543 g/mol. The number of carbonyl (C=O) groups is 1. The summed E-state index contributed by atoms with van der Waals surface area (Å²) in [4.78, 5) is 12.5. The number of nitrogens with one attached hydrogen (secondary N) is 1. The fourth-order valence-electron chi connectivity index (χ4n) is 4.47. The number of aliphatic hydroxyl groups excluding tert-OH is 1. The Bertz CT molecular complexity index is 1150. The molecule has 2 saturated heterocycles. The number of fused-ring (bicyclic) bond motifs is 1. The Balaban J connectivity index is 1.44. The van der Waals surface area contributed by atoms with Crippen molar-refractivity contribution in [2.45, 2.75) is 55.1 Å². The zero-order valence-electron chi connectivity index (χ0n) is 19.0. The molecule has 2 aliphatic heterocycles. The third-order valence-corrected chi connectivity index (χ3v) is 8.96. The molecule has 2 aliphatic rings. The molecule has 190 valence electrons. The molecule has 11 heteroatoms. The topological polar surface area (TPSA) is 105 Å². The van der Waals surface area contributed by atoms with Gasteiger partial charge in [-0.25, -0.2) is 8.42 Å². The van der Waals surface area contributed by atoms with Crippen LogP contribution in [0.1, 0.15) is 24.8 Å². The summed E-state index contributed by atoms with van der Waals surface area (Å²) in [5.41, 5.74) is 0.819. The van der Waals surface area contributed by atoms with Crippen molar-refractivity contribution < 1.29 is 27.8 Å². The first-order chi connectivity index (χ1) is 16.8. The first kappa shape index (κ1) is 26.3. The van der Waals surface area contributed by atoms with Gasteiger partial charge in [-0.15, -0.1) is 0 Å². The van der Waals surface area contributed by atoms with E-state index in [1.165, 1.54) is 16.4 Å². The summed E-state index contributed by atoms with van der Waals surface area (Å²) in [6.45, 7) is 0.251. The fourth-order valence-corrected chi connectivity index (χ4v) is 6.88. The average Bonchev–Trinajstić information content (AvgIpc) is 2.81. The van der Waals surface area contributed by atoms with Crippen molar-refractivity contribution in [2.75, 3.05) is 19.8 Å². The van der Waals surface area contributed by atoms with Crippen molar-refractivity contribution in [1.82, 2.24) is 9.62 Å². The van der Waals surface area contributed by atoms with Crippen molar-refractivity contribution in [1.29, 1.82) is 0 Å². The minimum absolute atomic E-state index is 0.0183. The molecule has 8 nitrogen and oxygen atoms in total. The molecule has 0 aromatic heterocycles. The van der Waals surface area contributed by atoms with Crippen LogP contribution in [0.3, 0.4) is 0 Å². The van der Waals surface area contributed by atoms with E-state index in [4.69, 9.17) is 32.7 Å². The molecule has 2 aromatic rings. The quantitative estimate of drug-likeness (QED) is 0.581. The van der Waals surface area contributed by atoms with Gasteiger partial charge in [-0.1, -0.05) is 53.5 Å². The molecular formula is C24H28Cl2N2O6S. The van der Waals surface area contributed by atoms with Gasteiger partial charge in [-0.2, -0.15) is 4.31 Å². The number of hydrogen-bond acceptors (Lipinski definition) is 6. The van der Waals surface area contributed by atoms with Crippen LogP contribution in [-0.2, 0) is 30.8 Å². The molecule has 0 spiro atoms. The summed E-state index contributed by atoms with van der Waals surface area (Å²) in [6, 6.07) is 13.0. The smallest absolute Gasteiger partial charge is 0.244 e. The minimum Gasteiger partial charge on any atom is -0.389 e. The second-order valence-corrected chi connectivity index (χ2v) is 11.4. The Hall–Kier alpha value is -1.72. The fraction of sp³-hybridized carbons (Fsp3) is 0.458. The van der Waals surface area contributed by atoms with Gasteiger partial charge in [0.25, 0.3) is 0 Å². The zero-order chi connectivity index (χ0) is 25.0. The van der Waals surface area contributed by atoms with Crippen LogP contribution in [0, 0.1) is 0 Å². The van der Waals surface area contributed by atoms with Crippen LogP contribution in [0.25, 0.3) is 0 Å². The molecule has 2 aromatic carbocycles. The maximum atomic E-state index is 13.5. The predicted molar refractivity (Wildman–Crippen MR) is 132 cm³/mol. The van der Waals surface area contributed by atoms with Crippen LogP contribution in [0.4, 0.5) is 0 Å².